The fraction of sp³-hybridized carbons (Fsp3) is 0.267. The number of nitrogens with zero attached hydrogens (tertiary/aromatic N) is 3. The minimum atomic E-state index is -4.18. The molecule has 1 amide bonds. The molecule has 12 heteroatoms. The van der Waals surface area contributed by atoms with E-state index in [4.69, 9.17) is 4.74 Å². The lowest BCUT2D eigenvalue weighted by molar-refractivity contribution is 0.0687. The predicted molar refractivity (Wildman–Crippen MR) is 158 cm³/mol. The molecule has 220 valence electrons. The lowest BCUT2D eigenvalue weighted by Gasteiger charge is -2.23. The van der Waals surface area contributed by atoms with Gasteiger partial charge >= 0.3 is 5.97 Å². The number of nitrogens with one attached hydrogen (secondary N) is 2. The van der Waals surface area contributed by atoms with Gasteiger partial charge in [-0.2, -0.15) is 5.10 Å². The molecule has 0 aliphatic rings. The van der Waals surface area contributed by atoms with Crippen molar-refractivity contribution < 1.29 is 27.9 Å². The van der Waals surface area contributed by atoms with Crippen molar-refractivity contribution in [3.63, 3.8) is 0 Å². The van der Waals surface area contributed by atoms with Gasteiger partial charge in [-0.1, -0.05) is 24.3 Å². The number of benzene rings is 2. The van der Waals surface area contributed by atoms with E-state index in [0.717, 1.165) is 5.56 Å². The van der Waals surface area contributed by atoms with Crippen LogP contribution in [0.15, 0.2) is 71.8 Å². The number of carbonyl (C=O) groups is 2. The van der Waals surface area contributed by atoms with Gasteiger partial charge in [0.05, 0.1) is 5.54 Å². The van der Waals surface area contributed by atoms with Crippen LogP contribution in [0.2, 0.25) is 0 Å². The third-order valence-corrected chi connectivity index (χ3v) is 7.88. The van der Waals surface area contributed by atoms with Gasteiger partial charge < -0.3 is 15.2 Å². The van der Waals surface area contributed by atoms with Crippen LogP contribution >= 0.6 is 0 Å². The summed E-state index contributed by atoms with van der Waals surface area (Å²) in [5, 5.41) is 16.6. The molecule has 0 aliphatic heterocycles. The summed E-state index contributed by atoms with van der Waals surface area (Å²) in [6.45, 7) is 8.86. The Morgan fingerprint density at radius 1 is 1.02 bits per heavy atom. The van der Waals surface area contributed by atoms with E-state index in [1.165, 1.54) is 22.9 Å². The molecule has 4 aromatic rings. The number of aromatic carboxylic acids is 1. The Kier molecular flexibility index (Phi) is 8.78. The first kappa shape index (κ1) is 30.4. The highest BCUT2D eigenvalue weighted by atomic mass is 32.2. The predicted octanol–water partition coefficient (Wildman–Crippen LogP) is 4.91. The van der Waals surface area contributed by atoms with Gasteiger partial charge in [0.25, 0.3) is 5.91 Å². The topological polar surface area (TPSA) is 153 Å². The molecule has 4 rings (SSSR count). The third-order valence-electron chi connectivity index (χ3n) is 6.39. The fourth-order valence-corrected chi connectivity index (χ4v) is 5.39. The van der Waals surface area contributed by atoms with Crippen LogP contribution in [0.5, 0.6) is 11.6 Å². The number of anilines is 1. The first-order valence-electron chi connectivity index (χ1n) is 13.2. The summed E-state index contributed by atoms with van der Waals surface area (Å²) in [7, 11) is -4.18. The normalized spacial score (nSPS) is 11.7. The summed E-state index contributed by atoms with van der Waals surface area (Å²) in [4.78, 5) is 28.8. The smallest absolute Gasteiger partial charge is 0.356 e. The number of aryl methyl sites for hydroxylation is 1. The number of ether oxygens (including phenoxy) is 1. The molecule has 0 aliphatic carbocycles. The summed E-state index contributed by atoms with van der Waals surface area (Å²) in [5.41, 5.74) is 1.49. The van der Waals surface area contributed by atoms with Crippen molar-refractivity contribution in [3.05, 3.63) is 94.9 Å². The number of rotatable bonds is 10. The van der Waals surface area contributed by atoms with Crippen LogP contribution in [0.4, 0.5) is 5.69 Å². The van der Waals surface area contributed by atoms with Crippen molar-refractivity contribution in [1.82, 2.24) is 19.5 Å². The number of pyridine rings is 1. The Morgan fingerprint density at radius 2 is 1.74 bits per heavy atom. The van der Waals surface area contributed by atoms with Crippen molar-refractivity contribution >= 4 is 27.6 Å². The average molecular weight is 592 g/mol. The lowest BCUT2D eigenvalue weighted by atomic mass is 10.1. The van der Waals surface area contributed by atoms with E-state index in [0.29, 0.717) is 17.7 Å². The van der Waals surface area contributed by atoms with Crippen molar-refractivity contribution in [2.45, 2.75) is 51.5 Å². The molecule has 0 fully saturated rings. The Labute approximate surface area is 244 Å². The minimum absolute atomic E-state index is 0.0562. The number of aromatic nitrogens is 3. The number of sulfonamides is 1. The van der Waals surface area contributed by atoms with Gasteiger partial charge in [-0.05, 0) is 76.6 Å². The highest BCUT2D eigenvalue weighted by molar-refractivity contribution is 7.89. The highest BCUT2D eigenvalue weighted by Crippen LogP contribution is 2.36. The SMILES string of the molecule is Cc1ccccc1C(=O)Nc1ccc(Oc2c(C)c(C(=O)O)nn2C(C)(C)C)c(S(=O)(=O)NCCc2ccccn2)c1. The first-order chi connectivity index (χ1) is 19.8. The number of amides is 1. The molecular weight excluding hydrogens is 558 g/mol. The zero-order valence-electron chi connectivity index (χ0n) is 24.0. The molecule has 2 aromatic heterocycles. The number of carboxylic acids is 1. The van der Waals surface area contributed by atoms with E-state index in [2.05, 4.69) is 20.1 Å². The van der Waals surface area contributed by atoms with E-state index < -0.39 is 27.4 Å². The largest absolute Gasteiger partial charge is 0.476 e. The molecule has 0 unspecified atom stereocenters. The standard InChI is InChI=1S/C30H33N5O6S/c1-19-10-6-7-12-23(19)27(36)33-22-13-14-24(41-28-20(2)26(29(37)38)34-35(28)30(3,4)5)25(18-22)42(39,40)32-17-15-21-11-8-9-16-31-21/h6-14,16,18,32H,15,17H2,1-5H3,(H,33,36)(H,37,38). The maximum atomic E-state index is 13.6. The van der Waals surface area contributed by atoms with Crippen molar-refractivity contribution in [2.24, 2.45) is 0 Å². The Bertz CT molecular complexity index is 1730. The number of carboxylic acid groups (broad SMARTS) is 1. The van der Waals surface area contributed by atoms with Crippen molar-refractivity contribution in [1.29, 1.82) is 0 Å². The van der Waals surface area contributed by atoms with Gasteiger partial charge in [0.15, 0.2) is 5.69 Å². The summed E-state index contributed by atoms with van der Waals surface area (Å²) in [6.07, 6.45) is 1.97. The summed E-state index contributed by atoms with van der Waals surface area (Å²) < 4.78 is 37.4. The van der Waals surface area contributed by atoms with Crippen LogP contribution in [0, 0.1) is 13.8 Å². The second-order valence-corrected chi connectivity index (χ2v) is 12.4. The van der Waals surface area contributed by atoms with E-state index in [-0.39, 0.29) is 40.0 Å². The molecule has 0 saturated heterocycles. The molecule has 2 heterocycles. The zero-order valence-corrected chi connectivity index (χ0v) is 24.8. The number of carbonyl (C=O) groups excluding carboxylic acids is 1. The van der Waals surface area contributed by atoms with Crippen LogP contribution in [-0.2, 0) is 22.0 Å². The molecular formula is C30H33N5O6S. The van der Waals surface area contributed by atoms with Gasteiger partial charge in [0.1, 0.15) is 10.6 Å². The lowest BCUT2D eigenvalue weighted by Crippen LogP contribution is -2.27. The molecule has 0 bridgehead atoms. The van der Waals surface area contributed by atoms with Crippen molar-refractivity contribution in [2.75, 3.05) is 11.9 Å². The van der Waals surface area contributed by atoms with E-state index >= 15 is 0 Å². The molecule has 0 radical (unpaired) electrons. The molecule has 42 heavy (non-hydrogen) atoms. The van der Waals surface area contributed by atoms with Gasteiger partial charge in [0.2, 0.25) is 15.9 Å². The summed E-state index contributed by atoms with van der Waals surface area (Å²) in [5.74, 6) is -1.62. The van der Waals surface area contributed by atoms with Gasteiger partial charge in [-0.3, -0.25) is 9.78 Å². The quantitative estimate of drug-likeness (QED) is 0.235. The molecule has 0 spiro atoms. The first-order valence-corrected chi connectivity index (χ1v) is 14.7. The Balaban J connectivity index is 1.74. The monoisotopic (exact) mass is 591 g/mol. The van der Waals surface area contributed by atoms with E-state index in [1.54, 1.807) is 50.4 Å². The van der Waals surface area contributed by atoms with E-state index in [1.807, 2.05) is 32.9 Å². The van der Waals surface area contributed by atoms with Crippen LogP contribution in [-0.4, -0.2) is 46.7 Å². The van der Waals surface area contributed by atoms with Gasteiger partial charge in [0, 0.05) is 41.7 Å². The third kappa shape index (κ3) is 6.84. The molecule has 0 saturated carbocycles. The summed E-state index contributed by atoms with van der Waals surface area (Å²) >= 11 is 0. The zero-order chi connectivity index (χ0) is 30.7. The Morgan fingerprint density at radius 3 is 2.38 bits per heavy atom. The van der Waals surface area contributed by atoms with Crippen LogP contribution in [0.1, 0.15) is 58.4 Å². The van der Waals surface area contributed by atoms with Crippen LogP contribution in [0.25, 0.3) is 0 Å². The molecule has 3 N–H and O–H groups in total. The average Bonchev–Trinajstić information content (AvgIpc) is 3.26. The molecule has 0 atom stereocenters. The van der Waals surface area contributed by atoms with Gasteiger partial charge in [-0.15, -0.1) is 0 Å². The molecule has 11 nitrogen and oxygen atoms in total. The van der Waals surface area contributed by atoms with Crippen LogP contribution < -0.4 is 14.8 Å². The maximum Gasteiger partial charge on any atom is 0.356 e. The maximum absolute atomic E-state index is 13.6. The van der Waals surface area contributed by atoms with Crippen molar-refractivity contribution in [3.8, 4) is 11.6 Å². The second-order valence-electron chi connectivity index (χ2n) is 10.7. The molecule has 2 aromatic carbocycles. The summed E-state index contributed by atoms with van der Waals surface area (Å²) in [6, 6.07) is 16.7. The second kappa shape index (κ2) is 12.1. The minimum Gasteiger partial charge on any atom is -0.476 e. The number of hydrogen-bond donors (Lipinski definition) is 3. The number of hydrogen-bond acceptors (Lipinski definition) is 7. The van der Waals surface area contributed by atoms with Crippen LogP contribution in [0.3, 0.4) is 0 Å². The van der Waals surface area contributed by atoms with Gasteiger partial charge in [-0.25, -0.2) is 22.6 Å². The Hall–Kier alpha value is -4.55. The van der Waals surface area contributed by atoms with E-state index in [9.17, 15) is 23.1 Å². The highest BCUT2D eigenvalue weighted by Gasteiger charge is 2.29. The fourth-order valence-electron chi connectivity index (χ4n) is 4.21.